The van der Waals surface area contributed by atoms with Crippen molar-refractivity contribution in [3.63, 3.8) is 0 Å². The second-order valence-electron chi connectivity index (χ2n) is 4.58. The highest BCUT2D eigenvalue weighted by molar-refractivity contribution is 5.19. The smallest absolute Gasteiger partial charge is 0.0444 e. The molecule has 1 fully saturated rings. The highest BCUT2D eigenvalue weighted by Gasteiger charge is 2.32. The van der Waals surface area contributed by atoms with Crippen LogP contribution in [0.2, 0.25) is 0 Å². The fourth-order valence-corrected chi connectivity index (χ4v) is 2.00. The van der Waals surface area contributed by atoms with Gasteiger partial charge in [0.05, 0.1) is 0 Å². The van der Waals surface area contributed by atoms with E-state index in [1.807, 2.05) is 6.07 Å². The van der Waals surface area contributed by atoms with E-state index in [-0.39, 0.29) is 0 Å². The summed E-state index contributed by atoms with van der Waals surface area (Å²) in [4.78, 5) is 0. The average Bonchev–Trinajstić information content (AvgIpc) is 2.97. The number of hydrogen-bond donors (Lipinski definition) is 2. The molecule has 0 amide bonds. The zero-order valence-corrected chi connectivity index (χ0v) is 9.32. The van der Waals surface area contributed by atoms with Gasteiger partial charge in [-0.3, -0.25) is 0 Å². The summed E-state index contributed by atoms with van der Waals surface area (Å²) in [6.45, 7) is 4.09. The molecule has 15 heavy (non-hydrogen) atoms. The van der Waals surface area contributed by atoms with Gasteiger partial charge < -0.3 is 11.1 Å². The summed E-state index contributed by atoms with van der Waals surface area (Å²) in [7, 11) is 0. The average molecular weight is 204 g/mol. The Morgan fingerprint density at radius 2 is 2.07 bits per heavy atom. The molecule has 1 aromatic carbocycles. The van der Waals surface area contributed by atoms with Crippen molar-refractivity contribution in [3.8, 4) is 0 Å². The van der Waals surface area contributed by atoms with E-state index >= 15 is 0 Å². The summed E-state index contributed by atoms with van der Waals surface area (Å²) in [5.41, 5.74) is 7.08. The molecule has 1 saturated carbocycles. The zero-order chi connectivity index (χ0) is 10.7. The second-order valence-corrected chi connectivity index (χ2v) is 4.58. The van der Waals surface area contributed by atoms with Crippen molar-refractivity contribution in [2.24, 2.45) is 17.6 Å². The monoisotopic (exact) mass is 204 g/mol. The van der Waals surface area contributed by atoms with Gasteiger partial charge in [0.2, 0.25) is 0 Å². The summed E-state index contributed by atoms with van der Waals surface area (Å²) < 4.78 is 0. The first-order valence-electron chi connectivity index (χ1n) is 5.79. The summed E-state index contributed by atoms with van der Waals surface area (Å²) in [5, 5.41) is 3.55. The maximum atomic E-state index is 5.78. The van der Waals surface area contributed by atoms with Crippen LogP contribution < -0.4 is 11.1 Å². The van der Waals surface area contributed by atoms with Crippen molar-refractivity contribution >= 4 is 0 Å². The lowest BCUT2D eigenvalue weighted by Gasteiger charge is -2.17. The summed E-state index contributed by atoms with van der Waals surface area (Å²) in [5.74, 6) is 1.79. The molecule has 3 unspecified atom stereocenters. The van der Waals surface area contributed by atoms with Gasteiger partial charge >= 0.3 is 0 Å². The Morgan fingerprint density at radius 3 is 2.60 bits per heavy atom. The molecule has 1 aromatic rings. The topological polar surface area (TPSA) is 38.0 Å². The van der Waals surface area contributed by atoms with Gasteiger partial charge in [-0.05, 0) is 30.4 Å². The molecule has 0 spiro atoms. The number of nitrogens with one attached hydrogen (secondary N) is 1. The van der Waals surface area contributed by atoms with Crippen molar-refractivity contribution in [3.05, 3.63) is 35.9 Å². The molecule has 0 heterocycles. The minimum Gasteiger partial charge on any atom is -0.329 e. The minimum absolute atomic E-state index is 0.319. The molecule has 1 aliphatic rings. The van der Waals surface area contributed by atoms with Crippen LogP contribution in [0.3, 0.4) is 0 Å². The molecule has 2 rings (SSSR count). The van der Waals surface area contributed by atoms with E-state index in [1.54, 1.807) is 0 Å². The Morgan fingerprint density at radius 1 is 1.40 bits per heavy atom. The Balaban J connectivity index is 1.87. The van der Waals surface area contributed by atoms with Gasteiger partial charge in [-0.15, -0.1) is 0 Å². The molecule has 0 aromatic heterocycles. The SMILES string of the molecule is CC1CC1CNC(CN)c1ccccc1. The third-order valence-electron chi connectivity index (χ3n) is 3.34. The summed E-state index contributed by atoms with van der Waals surface area (Å²) in [6.07, 6.45) is 1.37. The fraction of sp³-hybridized carbons (Fsp3) is 0.538. The Bertz CT molecular complexity index is 297. The molecule has 0 radical (unpaired) electrons. The standard InChI is InChI=1S/C13H20N2/c1-10-7-12(10)9-15-13(8-14)11-5-3-2-4-6-11/h2-6,10,12-13,15H,7-9,14H2,1H3. The molecule has 3 atom stereocenters. The van der Waals surface area contributed by atoms with E-state index < -0.39 is 0 Å². The molecule has 2 nitrogen and oxygen atoms in total. The Kier molecular flexibility index (Phi) is 3.39. The molecule has 1 aliphatic carbocycles. The van der Waals surface area contributed by atoms with Gasteiger partial charge in [0.1, 0.15) is 0 Å². The number of rotatable bonds is 5. The van der Waals surface area contributed by atoms with Crippen LogP contribution in [0, 0.1) is 11.8 Å². The van der Waals surface area contributed by atoms with E-state index in [9.17, 15) is 0 Å². The van der Waals surface area contributed by atoms with Gasteiger partial charge in [0.25, 0.3) is 0 Å². The molecule has 2 heteroatoms. The van der Waals surface area contributed by atoms with Gasteiger partial charge in [0, 0.05) is 12.6 Å². The Hall–Kier alpha value is -0.860. The van der Waals surface area contributed by atoms with Crippen LogP contribution in [0.1, 0.15) is 24.9 Å². The van der Waals surface area contributed by atoms with Crippen molar-refractivity contribution in [1.82, 2.24) is 5.32 Å². The first kappa shape index (κ1) is 10.7. The van der Waals surface area contributed by atoms with Crippen molar-refractivity contribution in [1.29, 1.82) is 0 Å². The summed E-state index contributed by atoms with van der Waals surface area (Å²) in [6, 6.07) is 10.8. The highest BCUT2D eigenvalue weighted by Crippen LogP contribution is 2.37. The lowest BCUT2D eigenvalue weighted by Crippen LogP contribution is -2.29. The van der Waals surface area contributed by atoms with Crippen LogP contribution in [-0.2, 0) is 0 Å². The van der Waals surface area contributed by atoms with E-state index in [0.717, 1.165) is 18.4 Å². The number of hydrogen-bond acceptors (Lipinski definition) is 2. The van der Waals surface area contributed by atoms with Gasteiger partial charge in [0.15, 0.2) is 0 Å². The minimum atomic E-state index is 0.319. The maximum Gasteiger partial charge on any atom is 0.0444 e. The zero-order valence-electron chi connectivity index (χ0n) is 9.32. The van der Waals surface area contributed by atoms with Crippen LogP contribution in [-0.4, -0.2) is 13.1 Å². The van der Waals surface area contributed by atoms with Crippen molar-refractivity contribution in [2.45, 2.75) is 19.4 Å². The number of benzene rings is 1. The highest BCUT2D eigenvalue weighted by atomic mass is 14.9. The van der Waals surface area contributed by atoms with Crippen LogP contribution >= 0.6 is 0 Å². The normalized spacial score (nSPS) is 26.3. The molecule has 0 saturated heterocycles. The first-order valence-corrected chi connectivity index (χ1v) is 5.79. The summed E-state index contributed by atoms with van der Waals surface area (Å²) >= 11 is 0. The van der Waals surface area contributed by atoms with Crippen LogP contribution in [0.4, 0.5) is 0 Å². The van der Waals surface area contributed by atoms with E-state index in [2.05, 4.69) is 36.5 Å². The first-order chi connectivity index (χ1) is 7.31. The van der Waals surface area contributed by atoms with E-state index in [0.29, 0.717) is 12.6 Å². The lowest BCUT2D eigenvalue weighted by atomic mass is 10.1. The largest absolute Gasteiger partial charge is 0.329 e. The van der Waals surface area contributed by atoms with Gasteiger partial charge in [-0.1, -0.05) is 37.3 Å². The quantitative estimate of drug-likeness (QED) is 0.769. The second kappa shape index (κ2) is 4.77. The number of nitrogens with two attached hydrogens (primary N) is 1. The fourth-order valence-electron chi connectivity index (χ4n) is 2.00. The van der Waals surface area contributed by atoms with Gasteiger partial charge in [-0.25, -0.2) is 0 Å². The Labute approximate surface area is 91.9 Å². The molecular weight excluding hydrogens is 184 g/mol. The molecule has 0 aliphatic heterocycles. The molecular formula is C13H20N2. The predicted molar refractivity (Wildman–Crippen MR) is 63.5 cm³/mol. The lowest BCUT2D eigenvalue weighted by molar-refractivity contribution is 0.511. The molecule has 3 N–H and O–H groups in total. The van der Waals surface area contributed by atoms with Crippen molar-refractivity contribution in [2.75, 3.05) is 13.1 Å². The van der Waals surface area contributed by atoms with Crippen molar-refractivity contribution < 1.29 is 0 Å². The van der Waals surface area contributed by atoms with E-state index in [1.165, 1.54) is 12.0 Å². The predicted octanol–water partition coefficient (Wildman–Crippen LogP) is 1.93. The maximum absolute atomic E-state index is 5.78. The van der Waals surface area contributed by atoms with Crippen LogP contribution in [0.5, 0.6) is 0 Å². The molecule has 82 valence electrons. The van der Waals surface area contributed by atoms with Crippen LogP contribution in [0.15, 0.2) is 30.3 Å². The van der Waals surface area contributed by atoms with E-state index in [4.69, 9.17) is 5.73 Å². The van der Waals surface area contributed by atoms with Crippen LogP contribution in [0.25, 0.3) is 0 Å². The van der Waals surface area contributed by atoms with Gasteiger partial charge in [-0.2, -0.15) is 0 Å². The third-order valence-corrected chi connectivity index (χ3v) is 3.34. The molecule has 0 bridgehead atoms. The third kappa shape index (κ3) is 2.80.